The molecule has 0 atom stereocenters. The van der Waals surface area contributed by atoms with E-state index in [-0.39, 0.29) is 11.3 Å². The SMILES string of the molecule is CCc1c(C(=O)c2cc(C)cc(/C=C/C#N)c2)[nH]c(=O)[nH]c1=O. The maximum absolute atomic E-state index is 12.7. The Morgan fingerprint density at radius 2 is 2.00 bits per heavy atom. The van der Waals surface area contributed by atoms with E-state index in [0.29, 0.717) is 17.5 Å². The van der Waals surface area contributed by atoms with Gasteiger partial charge < -0.3 is 4.98 Å². The lowest BCUT2D eigenvalue weighted by atomic mass is 9.99. The molecule has 0 saturated carbocycles. The van der Waals surface area contributed by atoms with Crippen molar-refractivity contribution in [2.75, 3.05) is 0 Å². The average molecular weight is 309 g/mol. The van der Waals surface area contributed by atoms with Gasteiger partial charge in [0.1, 0.15) is 0 Å². The summed E-state index contributed by atoms with van der Waals surface area (Å²) in [5.41, 5.74) is 0.842. The van der Waals surface area contributed by atoms with Crippen molar-refractivity contribution in [3.63, 3.8) is 0 Å². The number of aryl methyl sites for hydroxylation is 1. The van der Waals surface area contributed by atoms with Gasteiger partial charge in [0.25, 0.3) is 5.56 Å². The van der Waals surface area contributed by atoms with Crippen LogP contribution in [0.5, 0.6) is 0 Å². The van der Waals surface area contributed by atoms with E-state index in [1.165, 1.54) is 6.08 Å². The average Bonchev–Trinajstić information content (AvgIpc) is 2.51. The van der Waals surface area contributed by atoms with Crippen LogP contribution in [0.1, 0.15) is 39.7 Å². The molecular weight excluding hydrogens is 294 g/mol. The lowest BCUT2D eigenvalue weighted by molar-refractivity contribution is 0.103. The highest BCUT2D eigenvalue weighted by Gasteiger charge is 2.17. The highest BCUT2D eigenvalue weighted by molar-refractivity contribution is 6.08. The van der Waals surface area contributed by atoms with Gasteiger partial charge in [-0.3, -0.25) is 14.6 Å². The lowest BCUT2D eigenvalue weighted by Gasteiger charge is -2.07. The maximum atomic E-state index is 12.7. The van der Waals surface area contributed by atoms with Gasteiger partial charge in [-0.25, -0.2) is 4.79 Å². The van der Waals surface area contributed by atoms with Gasteiger partial charge in [-0.1, -0.05) is 13.0 Å². The zero-order valence-corrected chi connectivity index (χ0v) is 12.8. The lowest BCUT2D eigenvalue weighted by Crippen LogP contribution is -2.30. The summed E-state index contributed by atoms with van der Waals surface area (Å²) in [6.45, 7) is 3.55. The molecule has 0 aliphatic heterocycles. The number of rotatable bonds is 4. The number of ketones is 1. The number of hydrogen-bond donors (Lipinski definition) is 2. The molecule has 0 fully saturated rings. The van der Waals surface area contributed by atoms with E-state index >= 15 is 0 Å². The Hall–Kier alpha value is -3.20. The molecular formula is C17H15N3O3. The Balaban J connectivity index is 2.60. The van der Waals surface area contributed by atoms with Crippen LogP contribution in [0.4, 0.5) is 0 Å². The number of benzene rings is 1. The summed E-state index contributed by atoms with van der Waals surface area (Å²) in [6, 6.07) is 7.00. The molecule has 0 amide bonds. The molecule has 6 heteroatoms. The van der Waals surface area contributed by atoms with Crippen molar-refractivity contribution in [2.24, 2.45) is 0 Å². The van der Waals surface area contributed by atoms with Crippen LogP contribution in [-0.4, -0.2) is 15.8 Å². The number of nitrogens with zero attached hydrogens (tertiary/aromatic N) is 1. The van der Waals surface area contributed by atoms with Crippen molar-refractivity contribution in [3.8, 4) is 6.07 Å². The molecule has 0 radical (unpaired) electrons. The topological polar surface area (TPSA) is 107 Å². The van der Waals surface area contributed by atoms with E-state index in [0.717, 1.165) is 5.56 Å². The van der Waals surface area contributed by atoms with E-state index in [4.69, 9.17) is 5.26 Å². The fraction of sp³-hybridized carbons (Fsp3) is 0.176. The van der Waals surface area contributed by atoms with E-state index < -0.39 is 17.0 Å². The number of hydrogen-bond acceptors (Lipinski definition) is 4. The minimum Gasteiger partial charge on any atom is -0.304 e. The first-order valence-corrected chi connectivity index (χ1v) is 7.04. The molecule has 1 aromatic heterocycles. The van der Waals surface area contributed by atoms with Gasteiger partial charge in [0.2, 0.25) is 5.78 Å². The minimum atomic E-state index is -0.715. The Labute approximate surface area is 132 Å². The number of nitriles is 1. The Morgan fingerprint density at radius 1 is 1.26 bits per heavy atom. The predicted octanol–water partition coefficient (Wildman–Crippen LogP) is 1.70. The molecule has 2 rings (SSSR count). The molecule has 6 nitrogen and oxygen atoms in total. The number of carbonyl (C=O) groups is 1. The molecule has 0 spiro atoms. The second-order valence-electron chi connectivity index (χ2n) is 5.04. The number of aromatic nitrogens is 2. The van der Waals surface area contributed by atoms with Crippen molar-refractivity contribution in [3.05, 3.63) is 73.1 Å². The smallest absolute Gasteiger partial charge is 0.304 e. The standard InChI is InChI=1S/C17H15N3O3/c1-3-13-14(19-17(23)20-16(13)22)15(21)12-8-10(2)7-11(9-12)5-4-6-18/h4-5,7-9H,3H2,1-2H3,(H2,19,20,22,23)/b5-4+. The Morgan fingerprint density at radius 3 is 2.65 bits per heavy atom. The van der Waals surface area contributed by atoms with Crippen LogP contribution in [0.25, 0.3) is 6.08 Å². The zero-order valence-electron chi connectivity index (χ0n) is 12.8. The van der Waals surface area contributed by atoms with Gasteiger partial charge in [-0.05, 0) is 42.7 Å². The van der Waals surface area contributed by atoms with E-state index in [9.17, 15) is 14.4 Å². The molecule has 2 N–H and O–H groups in total. The van der Waals surface area contributed by atoms with Crippen molar-refractivity contribution in [2.45, 2.75) is 20.3 Å². The summed E-state index contributed by atoms with van der Waals surface area (Å²) in [7, 11) is 0. The molecule has 1 aromatic carbocycles. The molecule has 0 aliphatic carbocycles. The van der Waals surface area contributed by atoms with Crippen LogP contribution < -0.4 is 11.2 Å². The molecule has 116 valence electrons. The van der Waals surface area contributed by atoms with Crippen LogP contribution >= 0.6 is 0 Å². The Kier molecular flexibility index (Phi) is 4.72. The quantitative estimate of drug-likeness (QED) is 0.662. The van der Waals surface area contributed by atoms with Crippen molar-refractivity contribution in [1.29, 1.82) is 5.26 Å². The van der Waals surface area contributed by atoms with E-state index in [1.54, 1.807) is 25.1 Å². The number of carbonyl (C=O) groups excluding carboxylic acids is 1. The molecule has 0 saturated heterocycles. The van der Waals surface area contributed by atoms with Crippen LogP contribution in [0, 0.1) is 18.3 Å². The summed E-state index contributed by atoms with van der Waals surface area (Å²) in [4.78, 5) is 40.5. The van der Waals surface area contributed by atoms with Gasteiger partial charge in [-0.2, -0.15) is 5.26 Å². The van der Waals surface area contributed by atoms with E-state index in [2.05, 4.69) is 9.97 Å². The Bertz CT molecular complexity index is 943. The molecule has 0 bridgehead atoms. The zero-order chi connectivity index (χ0) is 17.0. The molecule has 0 unspecified atom stereocenters. The summed E-state index contributed by atoms with van der Waals surface area (Å²) in [6.07, 6.45) is 3.22. The van der Waals surface area contributed by atoms with Crippen LogP contribution in [0.15, 0.2) is 33.9 Å². The fourth-order valence-electron chi connectivity index (χ4n) is 2.36. The van der Waals surface area contributed by atoms with Crippen molar-refractivity contribution < 1.29 is 4.79 Å². The first-order chi connectivity index (χ1) is 11.0. The van der Waals surface area contributed by atoms with Crippen molar-refractivity contribution in [1.82, 2.24) is 9.97 Å². The third-order valence-corrected chi connectivity index (χ3v) is 3.33. The summed E-state index contributed by atoms with van der Waals surface area (Å²) >= 11 is 0. The number of nitrogens with one attached hydrogen (secondary N) is 2. The molecule has 23 heavy (non-hydrogen) atoms. The summed E-state index contributed by atoms with van der Waals surface area (Å²) < 4.78 is 0. The highest BCUT2D eigenvalue weighted by Crippen LogP contribution is 2.15. The minimum absolute atomic E-state index is 0.00191. The molecule has 0 aliphatic rings. The van der Waals surface area contributed by atoms with Crippen LogP contribution in [0.2, 0.25) is 0 Å². The van der Waals surface area contributed by atoms with Gasteiger partial charge in [0, 0.05) is 17.2 Å². The predicted molar refractivity (Wildman–Crippen MR) is 86.3 cm³/mol. The fourth-order valence-corrected chi connectivity index (χ4v) is 2.36. The number of H-pyrrole nitrogens is 2. The monoisotopic (exact) mass is 309 g/mol. The highest BCUT2D eigenvalue weighted by atomic mass is 16.2. The summed E-state index contributed by atoms with van der Waals surface area (Å²) in [5.74, 6) is -0.430. The van der Waals surface area contributed by atoms with Crippen molar-refractivity contribution >= 4 is 11.9 Å². The largest absolute Gasteiger partial charge is 0.326 e. The van der Waals surface area contributed by atoms with Crippen LogP contribution in [-0.2, 0) is 6.42 Å². The van der Waals surface area contributed by atoms with Gasteiger partial charge in [0.15, 0.2) is 0 Å². The first-order valence-electron chi connectivity index (χ1n) is 7.04. The van der Waals surface area contributed by atoms with Gasteiger partial charge >= 0.3 is 5.69 Å². The summed E-state index contributed by atoms with van der Waals surface area (Å²) in [5, 5.41) is 8.60. The van der Waals surface area contributed by atoms with Gasteiger partial charge in [0.05, 0.1) is 11.8 Å². The second-order valence-corrected chi connectivity index (χ2v) is 5.04. The molecule has 2 aromatic rings. The number of aromatic amines is 2. The number of allylic oxidation sites excluding steroid dienone is 1. The normalized spacial score (nSPS) is 10.7. The molecule has 1 heterocycles. The first kappa shape index (κ1) is 16.2. The van der Waals surface area contributed by atoms with Crippen LogP contribution in [0.3, 0.4) is 0 Å². The third kappa shape index (κ3) is 3.52. The third-order valence-electron chi connectivity index (χ3n) is 3.33. The second kappa shape index (κ2) is 6.71. The van der Waals surface area contributed by atoms with Gasteiger partial charge in [-0.15, -0.1) is 0 Å². The maximum Gasteiger partial charge on any atom is 0.326 e. The van der Waals surface area contributed by atoms with E-state index in [1.807, 2.05) is 19.1 Å².